The first-order chi connectivity index (χ1) is 10.8. The molecule has 0 unspecified atom stereocenters. The molecule has 0 N–H and O–H groups in total. The van der Waals surface area contributed by atoms with Crippen molar-refractivity contribution in [1.29, 1.82) is 0 Å². The maximum Gasteiger partial charge on any atom is 0.312 e. The van der Waals surface area contributed by atoms with Crippen LogP contribution in [0, 0.1) is 11.3 Å². The van der Waals surface area contributed by atoms with Gasteiger partial charge in [0, 0.05) is 13.3 Å². The van der Waals surface area contributed by atoms with Crippen LogP contribution in [0.3, 0.4) is 0 Å². The molecule has 23 heavy (non-hydrogen) atoms. The molecule has 2 aliphatic heterocycles. The van der Waals surface area contributed by atoms with Crippen LogP contribution in [0.1, 0.15) is 52.9 Å². The van der Waals surface area contributed by atoms with Gasteiger partial charge in [-0.15, -0.1) is 0 Å². The van der Waals surface area contributed by atoms with Crippen molar-refractivity contribution in [1.82, 2.24) is 0 Å². The Balaban J connectivity index is 1.72. The molecule has 0 aromatic rings. The van der Waals surface area contributed by atoms with Gasteiger partial charge in [0.25, 0.3) is 0 Å². The summed E-state index contributed by atoms with van der Waals surface area (Å²) in [6.07, 6.45) is 5.91. The fraction of sp³-hybridized carbons (Fsp3) is 0.778. The third-order valence-corrected chi connectivity index (χ3v) is 6.04. The Labute approximate surface area is 136 Å². The van der Waals surface area contributed by atoms with E-state index in [2.05, 4.69) is 13.8 Å². The van der Waals surface area contributed by atoms with E-state index in [0.717, 1.165) is 25.7 Å². The van der Waals surface area contributed by atoms with E-state index in [-0.39, 0.29) is 41.8 Å². The Morgan fingerprint density at radius 1 is 1.39 bits per heavy atom. The number of epoxide rings is 1. The molecule has 0 amide bonds. The van der Waals surface area contributed by atoms with Crippen molar-refractivity contribution >= 4 is 11.9 Å². The monoisotopic (exact) mass is 320 g/mol. The third kappa shape index (κ3) is 2.40. The Morgan fingerprint density at radius 3 is 2.78 bits per heavy atom. The Bertz CT molecular complexity index is 590. The zero-order valence-corrected chi connectivity index (χ0v) is 14.0. The van der Waals surface area contributed by atoms with Crippen LogP contribution in [-0.2, 0) is 23.8 Å². The number of carbonyl (C=O) groups excluding carboxylic acids is 2. The summed E-state index contributed by atoms with van der Waals surface area (Å²) in [6.45, 7) is 5.58. The van der Waals surface area contributed by atoms with Gasteiger partial charge in [-0.2, -0.15) is 0 Å². The van der Waals surface area contributed by atoms with Crippen LogP contribution in [0.4, 0.5) is 0 Å². The average Bonchev–Trinajstić information content (AvgIpc) is 3.31. The highest BCUT2D eigenvalue weighted by atomic mass is 16.6. The summed E-state index contributed by atoms with van der Waals surface area (Å²) in [5, 5.41) is 0. The van der Waals surface area contributed by atoms with Gasteiger partial charge in [-0.25, -0.2) is 0 Å². The first kappa shape index (κ1) is 15.2. The maximum atomic E-state index is 12.4. The predicted molar refractivity (Wildman–Crippen MR) is 81.5 cm³/mol. The third-order valence-electron chi connectivity index (χ3n) is 6.04. The molecule has 0 radical (unpaired) electrons. The molecule has 4 aliphatic rings. The molecular weight excluding hydrogens is 296 g/mol. The fourth-order valence-electron chi connectivity index (χ4n) is 4.55. The van der Waals surface area contributed by atoms with E-state index < -0.39 is 5.41 Å². The van der Waals surface area contributed by atoms with Crippen molar-refractivity contribution in [3.8, 4) is 0 Å². The average molecular weight is 320 g/mol. The van der Waals surface area contributed by atoms with Gasteiger partial charge in [-0.1, -0.05) is 5.57 Å². The van der Waals surface area contributed by atoms with Gasteiger partial charge in [-0.05, 0) is 45.6 Å². The summed E-state index contributed by atoms with van der Waals surface area (Å²) in [5.74, 6) is -0.513. The van der Waals surface area contributed by atoms with Crippen LogP contribution in [-0.4, -0.2) is 35.9 Å². The molecule has 2 heterocycles. The van der Waals surface area contributed by atoms with Crippen LogP contribution in [0.5, 0.6) is 0 Å². The van der Waals surface area contributed by atoms with Crippen molar-refractivity contribution in [2.75, 3.05) is 0 Å². The topological polar surface area (TPSA) is 65.1 Å². The number of rotatable bonds is 1. The molecule has 5 nitrogen and oxygen atoms in total. The summed E-state index contributed by atoms with van der Waals surface area (Å²) in [5.41, 5.74) is 0.536. The van der Waals surface area contributed by atoms with Gasteiger partial charge in [0.15, 0.2) is 0 Å². The molecule has 5 heteroatoms. The van der Waals surface area contributed by atoms with E-state index in [9.17, 15) is 9.59 Å². The van der Waals surface area contributed by atoms with Crippen LogP contribution in [0.15, 0.2) is 11.6 Å². The molecular formula is C18H24O5. The number of hydrogen-bond donors (Lipinski definition) is 0. The fourth-order valence-corrected chi connectivity index (χ4v) is 4.55. The lowest BCUT2D eigenvalue weighted by Gasteiger charge is -2.29. The number of ether oxygens (including phenoxy) is 3. The van der Waals surface area contributed by atoms with Gasteiger partial charge in [-0.3, -0.25) is 9.59 Å². The van der Waals surface area contributed by atoms with Gasteiger partial charge in [0.1, 0.15) is 12.2 Å². The van der Waals surface area contributed by atoms with Crippen molar-refractivity contribution < 1.29 is 23.8 Å². The van der Waals surface area contributed by atoms with E-state index in [1.54, 1.807) is 0 Å². The van der Waals surface area contributed by atoms with Gasteiger partial charge < -0.3 is 14.2 Å². The van der Waals surface area contributed by atoms with Crippen LogP contribution >= 0.6 is 0 Å². The highest BCUT2D eigenvalue weighted by molar-refractivity contribution is 5.83. The summed E-state index contributed by atoms with van der Waals surface area (Å²) in [4.78, 5) is 24.0. The van der Waals surface area contributed by atoms with Crippen molar-refractivity contribution in [3.63, 3.8) is 0 Å². The van der Waals surface area contributed by atoms with Crippen LogP contribution in [0.25, 0.3) is 0 Å². The van der Waals surface area contributed by atoms with Crippen LogP contribution < -0.4 is 0 Å². The van der Waals surface area contributed by atoms with Crippen molar-refractivity contribution in [2.45, 2.75) is 76.8 Å². The molecule has 2 saturated heterocycles. The summed E-state index contributed by atoms with van der Waals surface area (Å²) >= 11 is 0. The lowest BCUT2D eigenvalue weighted by Crippen LogP contribution is -2.38. The molecule has 0 aromatic heterocycles. The molecule has 4 rings (SSSR count). The smallest absolute Gasteiger partial charge is 0.312 e. The number of allylic oxidation sites excluding steroid dienone is 1. The zero-order valence-electron chi connectivity index (χ0n) is 14.0. The standard InChI is InChI=1S/C18H24O5/c1-10-4-5-14-17(3,23-14)9-13-15(12(8-10)21-11(2)19)18(6-7-18)16(20)22-13/h8,12-15H,4-7,9H2,1-3H3/b10-8-/t12-,13+,14-,15+,17+/m0/s1. The van der Waals surface area contributed by atoms with E-state index >= 15 is 0 Å². The molecule has 0 bridgehead atoms. The number of carbonyl (C=O) groups is 2. The lowest BCUT2D eigenvalue weighted by atomic mass is 9.78. The molecule has 0 aromatic carbocycles. The molecule has 3 fully saturated rings. The molecule has 2 aliphatic carbocycles. The zero-order chi connectivity index (χ0) is 16.4. The molecule has 1 spiro atoms. The van der Waals surface area contributed by atoms with Gasteiger partial charge in [0.2, 0.25) is 0 Å². The van der Waals surface area contributed by atoms with E-state index in [1.807, 2.05) is 6.08 Å². The second-order valence-electron chi connectivity index (χ2n) is 7.87. The maximum absolute atomic E-state index is 12.4. The predicted octanol–water partition coefficient (Wildman–Crippen LogP) is 2.53. The SMILES string of the molecule is CC(=O)O[C@H]1/C=C(/C)CC[C@@H]2O[C@]2(C)C[C@H]2OC(=O)C3(CC3)[C@H]12. The largest absolute Gasteiger partial charge is 0.461 e. The molecule has 126 valence electrons. The first-order valence-electron chi connectivity index (χ1n) is 8.57. The first-order valence-corrected chi connectivity index (χ1v) is 8.57. The van der Waals surface area contributed by atoms with Gasteiger partial charge >= 0.3 is 11.9 Å². The minimum absolute atomic E-state index is 0.0892. The second-order valence-corrected chi connectivity index (χ2v) is 7.87. The van der Waals surface area contributed by atoms with E-state index in [1.165, 1.54) is 12.5 Å². The highest BCUT2D eigenvalue weighted by Crippen LogP contribution is 2.62. The highest BCUT2D eigenvalue weighted by Gasteiger charge is 2.69. The number of esters is 2. The van der Waals surface area contributed by atoms with Crippen molar-refractivity contribution in [2.24, 2.45) is 11.3 Å². The van der Waals surface area contributed by atoms with Crippen LogP contribution in [0.2, 0.25) is 0 Å². The Morgan fingerprint density at radius 2 is 2.13 bits per heavy atom. The Kier molecular flexibility index (Phi) is 3.18. The summed E-state index contributed by atoms with van der Waals surface area (Å²) in [6, 6.07) is 0. The van der Waals surface area contributed by atoms with Gasteiger partial charge in [0.05, 0.1) is 23.0 Å². The normalized spacial score (nSPS) is 46.0. The lowest BCUT2D eigenvalue weighted by molar-refractivity contribution is -0.148. The minimum Gasteiger partial charge on any atom is -0.461 e. The van der Waals surface area contributed by atoms with E-state index in [0.29, 0.717) is 6.42 Å². The Hall–Kier alpha value is -1.36. The number of fused-ring (bicyclic) bond motifs is 3. The quantitative estimate of drug-likeness (QED) is 0.422. The van der Waals surface area contributed by atoms with E-state index in [4.69, 9.17) is 14.2 Å². The van der Waals surface area contributed by atoms with Crippen molar-refractivity contribution in [3.05, 3.63) is 11.6 Å². The second kappa shape index (κ2) is 4.82. The summed E-state index contributed by atoms with van der Waals surface area (Å²) in [7, 11) is 0. The molecule has 5 atom stereocenters. The minimum atomic E-state index is -0.443. The molecule has 1 saturated carbocycles. The number of hydrogen-bond acceptors (Lipinski definition) is 5. The summed E-state index contributed by atoms with van der Waals surface area (Å²) < 4.78 is 17.3.